The fraction of sp³-hybridized carbons (Fsp3) is 0.800. The van der Waals surface area contributed by atoms with E-state index in [-0.39, 0.29) is 13.0 Å². The van der Waals surface area contributed by atoms with E-state index in [0.717, 1.165) is 0 Å². The molecule has 104 valence electrons. The van der Waals surface area contributed by atoms with Gasteiger partial charge in [0.2, 0.25) is 0 Å². The molecule has 18 heavy (non-hydrogen) atoms. The molecule has 1 rings (SSSR count). The molecule has 0 aliphatic carbocycles. The second-order valence-corrected chi connectivity index (χ2v) is 4.30. The molecule has 1 aliphatic heterocycles. The van der Waals surface area contributed by atoms with Crippen molar-refractivity contribution < 1.29 is 27.2 Å². The van der Waals surface area contributed by atoms with Crippen molar-refractivity contribution in [1.82, 2.24) is 4.90 Å². The molecular weight excluding hydrogens is 278 g/mol. The quantitative estimate of drug-likeness (QED) is 0.587. The Morgan fingerprint density at radius 3 is 2.44 bits per heavy atom. The summed E-state index contributed by atoms with van der Waals surface area (Å²) < 4.78 is 50.2. The normalized spacial score (nSPS) is 21.2. The number of hydrogen-bond donors (Lipinski definition) is 0. The zero-order valence-corrected chi connectivity index (χ0v) is 10.1. The highest BCUT2D eigenvalue weighted by Gasteiger charge is 2.53. The van der Waals surface area contributed by atoms with Crippen LogP contribution in [-0.2, 0) is 9.59 Å². The molecule has 0 spiro atoms. The Hall–Kier alpha value is -0.850. The third kappa shape index (κ3) is 2.93. The molecule has 1 fully saturated rings. The van der Waals surface area contributed by atoms with E-state index in [4.69, 9.17) is 11.6 Å². The molecule has 0 aromatic heterocycles. The summed E-state index contributed by atoms with van der Waals surface area (Å²) in [6.45, 7) is -0.131. The predicted molar refractivity (Wildman–Crippen MR) is 56.0 cm³/mol. The molecule has 1 unspecified atom stereocenters. The number of nitrogens with zero attached hydrogens (tertiary/aromatic N) is 1. The van der Waals surface area contributed by atoms with Gasteiger partial charge in [-0.1, -0.05) is 0 Å². The van der Waals surface area contributed by atoms with Gasteiger partial charge in [-0.05, 0) is 19.3 Å². The van der Waals surface area contributed by atoms with Gasteiger partial charge in [-0.2, -0.15) is 8.78 Å². The van der Waals surface area contributed by atoms with Gasteiger partial charge in [0, 0.05) is 6.54 Å². The maximum absolute atomic E-state index is 13.0. The minimum atomic E-state index is -4.76. The van der Waals surface area contributed by atoms with Gasteiger partial charge in [-0.15, -0.1) is 11.6 Å². The van der Waals surface area contributed by atoms with Crippen LogP contribution in [0.5, 0.6) is 0 Å². The highest BCUT2D eigenvalue weighted by Crippen LogP contribution is 2.29. The number of ketones is 1. The first-order valence-corrected chi connectivity index (χ1v) is 5.91. The topological polar surface area (TPSA) is 37.4 Å². The lowest BCUT2D eigenvalue weighted by atomic mass is 9.98. The summed E-state index contributed by atoms with van der Waals surface area (Å²) >= 11 is 5.31. The number of rotatable bonds is 4. The van der Waals surface area contributed by atoms with Crippen LogP contribution in [0.4, 0.5) is 17.6 Å². The summed E-state index contributed by atoms with van der Waals surface area (Å²) in [4.78, 5) is 23.3. The number of carbonyl (C=O) groups excluding carboxylic acids is 2. The average molecular weight is 290 g/mol. The molecule has 8 heteroatoms. The van der Waals surface area contributed by atoms with Gasteiger partial charge in [0.15, 0.2) is 5.78 Å². The monoisotopic (exact) mass is 289 g/mol. The van der Waals surface area contributed by atoms with E-state index in [2.05, 4.69) is 0 Å². The Balaban J connectivity index is 2.90. The van der Waals surface area contributed by atoms with Crippen LogP contribution in [-0.4, -0.2) is 47.4 Å². The number of Topliss-reactive ketones (excluding diaryl/α,β-unsaturated/α-hetero) is 1. The van der Waals surface area contributed by atoms with Crippen LogP contribution in [0.25, 0.3) is 0 Å². The lowest BCUT2D eigenvalue weighted by molar-refractivity contribution is -0.184. The Labute approximate surface area is 106 Å². The molecule has 0 bridgehead atoms. The maximum atomic E-state index is 13.0. The van der Waals surface area contributed by atoms with Crippen molar-refractivity contribution in [1.29, 1.82) is 0 Å². The van der Waals surface area contributed by atoms with E-state index in [9.17, 15) is 27.2 Å². The van der Waals surface area contributed by atoms with Crippen molar-refractivity contribution in [2.24, 2.45) is 0 Å². The second kappa shape index (κ2) is 5.86. The lowest BCUT2D eigenvalue weighted by Gasteiger charge is -2.36. The first kappa shape index (κ1) is 15.2. The Kier molecular flexibility index (Phi) is 4.95. The number of alkyl halides is 5. The van der Waals surface area contributed by atoms with E-state index < -0.39 is 36.0 Å². The SMILES string of the molecule is O=C(CCl)C1CCCCN1C(=O)C(F)(F)C(F)F. The number of likely N-dealkylation sites (tertiary alicyclic amines) is 1. The van der Waals surface area contributed by atoms with Crippen LogP contribution in [0.2, 0.25) is 0 Å². The molecule has 0 saturated carbocycles. The summed E-state index contributed by atoms with van der Waals surface area (Å²) in [5, 5.41) is 0. The Bertz CT molecular complexity index is 338. The highest BCUT2D eigenvalue weighted by atomic mass is 35.5. The van der Waals surface area contributed by atoms with Crippen LogP contribution >= 0.6 is 11.6 Å². The van der Waals surface area contributed by atoms with Crippen LogP contribution < -0.4 is 0 Å². The fourth-order valence-electron chi connectivity index (χ4n) is 1.88. The largest absolute Gasteiger partial charge is 0.383 e. The van der Waals surface area contributed by atoms with Crippen molar-refractivity contribution in [2.45, 2.75) is 37.7 Å². The van der Waals surface area contributed by atoms with Crippen LogP contribution in [0, 0.1) is 0 Å². The fourth-order valence-corrected chi connectivity index (χ4v) is 2.06. The van der Waals surface area contributed by atoms with Crippen molar-refractivity contribution >= 4 is 23.3 Å². The number of carbonyl (C=O) groups is 2. The third-order valence-corrected chi connectivity index (χ3v) is 3.09. The third-order valence-electron chi connectivity index (χ3n) is 2.83. The van der Waals surface area contributed by atoms with Crippen molar-refractivity contribution in [3.05, 3.63) is 0 Å². The summed E-state index contributed by atoms with van der Waals surface area (Å²) in [5.41, 5.74) is 0. The second-order valence-electron chi connectivity index (χ2n) is 4.03. The lowest BCUT2D eigenvalue weighted by Crippen LogP contribution is -2.55. The van der Waals surface area contributed by atoms with E-state index >= 15 is 0 Å². The van der Waals surface area contributed by atoms with Gasteiger partial charge in [0.25, 0.3) is 5.91 Å². The molecule has 1 atom stereocenters. The zero-order valence-electron chi connectivity index (χ0n) is 9.34. The molecule has 0 aromatic rings. The first-order valence-electron chi connectivity index (χ1n) is 5.38. The molecule has 0 N–H and O–H groups in total. The van der Waals surface area contributed by atoms with Crippen molar-refractivity contribution in [2.75, 3.05) is 12.4 Å². The van der Waals surface area contributed by atoms with Gasteiger partial charge >= 0.3 is 12.3 Å². The van der Waals surface area contributed by atoms with E-state index in [1.54, 1.807) is 0 Å². The van der Waals surface area contributed by atoms with Crippen molar-refractivity contribution in [3.63, 3.8) is 0 Å². The summed E-state index contributed by atoms with van der Waals surface area (Å²) in [5.74, 6) is -7.80. The number of piperidine rings is 1. The summed E-state index contributed by atoms with van der Waals surface area (Å²) in [6, 6.07) is -1.12. The Morgan fingerprint density at radius 1 is 1.33 bits per heavy atom. The number of amides is 1. The molecule has 3 nitrogen and oxygen atoms in total. The zero-order chi connectivity index (χ0) is 13.9. The van der Waals surface area contributed by atoms with Gasteiger partial charge in [-0.3, -0.25) is 9.59 Å². The average Bonchev–Trinajstić information content (AvgIpc) is 2.36. The van der Waals surface area contributed by atoms with Crippen LogP contribution in [0.15, 0.2) is 0 Å². The smallest absolute Gasteiger partial charge is 0.327 e. The molecule has 1 saturated heterocycles. The number of hydrogen-bond acceptors (Lipinski definition) is 2. The van der Waals surface area contributed by atoms with E-state index in [1.807, 2.05) is 0 Å². The molecule has 1 heterocycles. The first-order chi connectivity index (χ1) is 8.32. The molecule has 0 aromatic carbocycles. The molecular formula is C10H12ClF4NO2. The molecule has 1 amide bonds. The molecule has 1 aliphatic rings. The maximum Gasteiger partial charge on any atom is 0.383 e. The number of halogens is 5. The van der Waals surface area contributed by atoms with Gasteiger partial charge in [0.05, 0.1) is 11.9 Å². The van der Waals surface area contributed by atoms with Gasteiger partial charge in [-0.25, -0.2) is 8.78 Å². The predicted octanol–water partition coefficient (Wildman–Crippen LogP) is 2.08. The minimum absolute atomic E-state index is 0.131. The van der Waals surface area contributed by atoms with Crippen LogP contribution in [0.3, 0.4) is 0 Å². The summed E-state index contributed by atoms with van der Waals surface area (Å²) in [6.07, 6.45) is -2.94. The van der Waals surface area contributed by atoms with Crippen LogP contribution in [0.1, 0.15) is 19.3 Å². The van der Waals surface area contributed by atoms with Gasteiger partial charge < -0.3 is 4.90 Å². The van der Waals surface area contributed by atoms with E-state index in [0.29, 0.717) is 17.7 Å². The Morgan fingerprint density at radius 2 is 1.94 bits per heavy atom. The highest BCUT2D eigenvalue weighted by molar-refractivity contribution is 6.28. The van der Waals surface area contributed by atoms with Gasteiger partial charge in [0.1, 0.15) is 0 Å². The standard InChI is InChI=1S/C10H12ClF4NO2/c11-5-7(17)6-3-1-2-4-16(6)9(18)10(14,15)8(12)13/h6,8H,1-5H2. The summed E-state index contributed by atoms with van der Waals surface area (Å²) in [7, 11) is 0. The molecule has 0 radical (unpaired) electrons. The van der Waals surface area contributed by atoms with Crippen molar-refractivity contribution in [3.8, 4) is 0 Å². The van der Waals surface area contributed by atoms with E-state index in [1.165, 1.54) is 0 Å². The minimum Gasteiger partial charge on any atom is -0.327 e.